The lowest BCUT2D eigenvalue weighted by Crippen LogP contribution is -2.21. The van der Waals surface area contributed by atoms with Crippen LogP contribution in [0.1, 0.15) is 23.2 Å². The highest BCUT2D eigenvalue weighted by molar-refractivity contribution is 6.02. The molecule has 0 saturated heterocycles. The number of aryl methyl sites for hydroxylation is 2. The van der Waals surface area contributed by atoms with Crippen molar-refractivity contribution < 1.29 is 36.2 Å². The van der Waals surface area contributed by atoms with Crippen LogP contribution in [0.15, 0.2) is 60.7 Å². The van der Waals surface area contributed by atoms with E-state index in [0.717, 1.165) is 52.0 Å². The van der Waals surface area contributed by atoms with E-state index in [9.17, 15) is 26.3 Å². The molecule has 5 rings (SSSR count). The molecule has 232 valence electrons. The summed E-state index contributed by atoms with van der Waals surface area (Å²) in [4.78, 5) is 10.9. The van der Waals surface area contributed by atoms with Gasteiger partial charge < -0.3 is 15.3 Å². The van der Waals surface area contributed by atoms with Crippen molar-refractivity contribution in [1.29, 1.82) is 0 Å². The van der Waals surface area contributed by atoms with Crippen LogP contribution in [0.25, 0.3) is 32.9 Å². The maximum absolute atomic E-state index is 13.7. The third kappa shape index (κ3) is 7.81. The van der Waals surface area contributed by atoms with Gasteiger partial charge in [-0.05, 0) is 70.2 Å². The van der Waals surface area contributed by atoms with Crippen molar-refractivity contribution in [3.63, 3.8) is 0 Å². The predicted molar refractivity (Wildman–Crippen MR) is 155 cm³/mol. The van der Waals surface area contributed by atoms with Crippen LogP contribution in [0.4, 0.5) is 37.8 Å². The molecule has 0 amide bonds. The van der Waals surface area contributed by atoms with Gasteiger partial charge in [0.15, 0.2) is 5.82 Å². The van der Waals surface area contributed by atoms with Gasteiger partial charge in [0.25, 0.3) is 0 Å². The Bertz CT molecular complexity index is 1780. The smallest absolute Gasteiger partial charge is 0.475 e. The number of anilines is 2. The molecule has 0 spiro atoms. The number of nitrogens with one attached hydrogen (secondary N) is 2. The average Bonchev–Trinajstić information content (AvgIpc) is 3.32. The fourth-order valence-corrected chi connectivity index (χ4v) is 4.52. The molecule has 0 fully saturated rings. The van der Waals surface area contributed by atoms with Crippen LogP contribution in [-0.2, 0) is 17.4 Å². The van der Waals surface area contributed by atoms with Crippen molar-refractivity contribution in [2.24, 2.45) is 0 Å². The molecule has 0 radical (unpaired) electrons. The molecule has 0 unspecified atom stereocenters. The summed E-state index contributed by atoms with van der Waals surface area (Å²) in [5.74, 6) is -2.36. The van der Waals surface area contributed by atoms with Gasteiger partial charge in [0.2, 0.25) is 0 Å². The average molecular weight is 619 g/mol. The summed E-state index contributed by atoms with van der Waals surface area (Å²) < 4.78 is 72.8. The minimum atomic E-state index is -5.08. The van der Waals surface area contributed by atoms with Crippen LogP contribution in [0, 0.1) is 6.92 Å². The number of halogens is 6. The third-order valence-corrected chi connectivity index (χ3v) is 6.61. The maximum atomic E-state index is 13.7. The predicted octanol–water partition coefficient (Wildman–Crippen LogP) is 7.37. The number of hydrogen-bond acceptors (Lipinski definition) is 6. The molecular weight excluding hydrogens is 590 g/mol. The van der Waals surface area contributed by atoms with Crippen molar-refractivity contribution in [2.45, 2.75) is 32.1 Å². The number of carboxylic acid groups (broad SMARTS) is 1. The second-order valence-electron chi connectivity index (χ2n) is 10.3. The quantitative estimate of drug-likeness (QED) is 0.164. The Balaban J connectivity index is 0.000000566. The summed E-state index contributed by atoms with van der Waals surface area (Å²) in [7, 11) is 3.89. The molecular formula is C30H28F6N6O2. The molecule has 14 heteroatoms. The molecule has 3 N–H and O–H groups in total. The van der Waals surface area contributed by atoms with E-state index in [0.29, 0.717) is 29.2 Å². The SMILES string of the molecule is Cc1n[nH]c2cc(-c3nnc(Nc4cc(CCCN(C)C)cc(C(F)(F)F)c4)c4ccccc34)ccc12.O=C(O)C(F)(F)F. The van der Waals surface area contributed by atoms with Crippen LogP contribution >= 0.6 is 0 Å². The Morgan fingerprint density at radius 2 is 1.61 bits per heavy atom. The number of nitrogens with zero attached hydrogens (tertiary/aromatic N) is 4. The number of benzene rings is 3. The Hall–Kier alpha value is -4.72. The standard InChI is InChI=1S/C28H27F3N6.C2HF3O2/c1-17-22-11-10-19(15-25(22)34-33-17)26-23-8-4-5-9-24(23)27(36-35-26)32-21-14-18(7-6-12-37(2)3)13-20(16-21)28(29,30)31;3-2(4,5)1(6)7/h4-5,8-11,13-16H,6-7,12H2,1-3H3,(H,32,36)(H,33,34);(H,6,7). The molecule has 0 aliphatic carbocycles. The van der Waals surface area contributed by atoms with Gasteiger partial charge in [0, 0.05) is 27.4 Å². The summed E-state index contributed by atoms with van der Waals surface area (Å²) in [5.41, 5.74) is 3.63. The number of carbonyl (C=O) groups is 1. The molecule has 0 saturated carbocycles. The molecule has 0 aliphatic rings. The zero-order valence-electron chi connectivity index (χ0n) is 23.8. The number of carboxylic acids is 1. The van der Waals surface area contributed by atoms with Crippen LogP contribution in [0.5, 0.6) is 0 Å². The number of aromatic nitrogens is 4. The van der Waals surface area contributed by atoms with Gasteiger partial charge >= 0.3 is 18.3 Å². The highest BCUT2D eigenvalue weighted by Crippen LogP contribution is 2.35. The molecule has 0 atom stereocenters. The van der Waals surface area contributed by atoms with E-state index in [1.165, 1.54) is 6.07 Å². The molecule has 0 aliphatic heterocycles. The van der Waals surface area contributed by atoms with E-state index in [1.54, 1.807) is 6.07 Å². The van der Waals surface area contributed by atoms with Crippen LogP contribution in [-0.4, -0.2) is 63.2 Å². The Morgan fingerprint density at radius 1 is 0.932 bits per heavy atom. The van der Waals surface area contributed by atoms with Gasteiger partial charge in [0.1, 0.15) is 5.69 Å². The van der Waals surface area contributed by atoms with E-state index in [1.807, 2.05) is 68.4 Å². The van der Waals surface area contributed by atoms with Crippen molar-refractivity contribution in [2.75, 3.05) is 26.0 Å². The molecule has 2 heterocycles. The monoisotopic (exact) mass is 618 g/mol. The summed E-state index contributed by atoms with van der Waals surface area (Å²) in [5, 5.41) is 29.0. The first-order valence-corrected chi connectivity index (χ1v) is 13.3. The molecule has 5 aromatic rings. The number of aliphatic carboxylic acids is 1. The molecule has 3 aromatic carbocycles. The molecule has 44 heavy (non-hydrogen) atoms. The lowest BCUT2D eigenvalue weighted by molar-refractivity contribution is -0.192. The second-order valence-corrected chi connectivity index (χ2v) is 10.3. The number of H-pyrrole nitrogens is 1. The summed E-state index contributed by atoms with van der Waals surface area (Å²) in [6.45, 7) is 2.73. The minimum absolute atomic E-state index is 0.330. The number of fused-ring (bicyclic) bond motifs is 2. The zero-order chi connectivity index (χ0) is 32.2. The lowest BCUT2D eigenvalue weighted by atomic mass is 10.0. The van der Waals surface area contributed by atoms with Gasteiger partial charge in [-0.15, -0.1) is 10.2 Å². The van der Waals surface area contributed by atoms with Gasteiger partial charge in [0.05, 0.1) is 16.8 Å². The number of rotatable bonds is 7. The van der Waals surface area contributed by atoms with E-state index >= 15 is 0 Å². The number of hydrogen-bond donors (Lipinski definition) is 3. The molecule has 0 bridgehead atoms. The van der Waals surface area contributed by atoms with Gasteiger partial charge in [-0.3, -0.25) is 5.10 Å². The number of alkyl halides is 6. The van der Waals surface area contributed by atoms with Crippen LogP contribution in [0.3, 0.4) is 0 Å². The Morgan fingerprint density at radius 3 is 2.25 bits per heavy atom. The highest BCUT2D eigenvalue weighted by Gasteiger charge is 2.38. The molecule has 2 aromatic heterocycles. The van der Waals surface area contributed by atoms with E-state index < -0.39 is 23.9 Å². The second kappa shape index (κ2) is 12.9. The summed E-state index contributed by atoms with van der Waals surface area (Å²) in [6, 6.07) is 17.6. The van der Waals surface area contributed by atoms with Gasteiger partial charge in [-0.2, -0.15) is 31.4 Å². The minimum Gasteiger partial charge on any atom is -0.475 e. The van der Waals surface area contributed by atoms with Crippen molar-refractivity contribution in [1.82, 2.24) is 25.3 Å². The third-order valence-electron chi connectivity index (χ3n) is 6.61. The topological polar surface area (TPSA) is 107 Å². The van der Waals surface area contributed by atoms with Crippen molar-refractivity contribution >= 4 is 39.1 Å². The van der Waals surface area contributed by atoms with Crippen LogP contribution < -0.4 is 5.32 Å². The lowest BCUT2D eigenvalue weighted by Gasteiger charge is -2.15. The zero-order valence-corrected chi connectivity index (χ0v) is 23.8. The summed E-state index contributed by atoms with van der Waals surface area (Å²) in [6.07, 6.45) is -8.24. The van der Waals surface area contributed by atoms with Gasteiger partial charge in [-0.25, -0.2) is 4.79 Å². The first-order valence-electron chi connectivity index (χ1n) is 13.3. The molecule has 8 nitrogen and oxygen atoms in total. The largest absolute Gasteiger partial charge is 0.490 e. The van der Waals surface area contributed by atoms with Crippen molar-refractivity contribution in [3.05, 3.63) is 77.5 Å². The van der Waals surface area contributed by atoms with E-state index in [-0.39, 0.29) is 0 Å². The van der Waals surface area contributed by atoms with E-state index in [4.69, 9.17) is 9.90 Å². The first-order chi connectivity index (χ1) is 20.6. The fourth-order valence-electron chi connectivity index (χ4n) is 4.52. The van der Waals surface area contributed by atoms with Crippen molar-refractivity contribution in [3.8, 4) is 11.3 Å². The first kappa shape index (κ1) is 32.2. The van der Waals surface area contributed by atoms with Gasteiger partial charge in [-0.1, -0.05) is 36.4 Å². The maximum Gasteiger partial charge on any atom is 0.490 e. The highest BCUT2D eigenvalue weighted by atomic mass is 19.4. The fraction of sp³-hybridized carbons (Fsp3) is 0.267. The number of aromatic amines is 1. The van der Waals surface area contributed by atoms with Crippen LogP contribution in [0.2, 0.25) is 0 Å². The normalized spacial score (nSPS) is 12.0. The Labute approximate surface area is 247 Å². The summed E-state index contributed by atoms with van der Waals surface area (Å²) >= 11 is 0. The Kier molecular flexibility index (Phi) is 9.42. The van der Waals surface area contributed by atoms with E-state index in [2.05, 4.69) is 25.7 Å².